The van der Waals surface area contributed by atoms with Crippen molar-refractivity contribution in [3.8, 4) is 5.75 Å². The van der Waals surface area contributed by atoms with Crippen molar-refractivity contribution in [2.24, 2.45) is 0 Å². The lowest BCUT2D eigenvalue weighted by Gasteiger charge is -2.23. The van der Waals surface area contributed by atoms with Crippen molar-refractivity contribution >= 4 is 11.6 Å². The van der Waals surface area contributed by atoms with Crippen LogP contribution in [0.3, 0.4) is 0 Å². The van der Waals surface area contributed by atoms with Crippen LogP contribution in [0.4, 0.5) is 5.69 Å². The fourth-order valence-corrected chi connectivity index (χ4v) is 2.07. The number of hydrogen-bond donors (Lipinski definition) is 1. The van der Waals surface area contributed by atoms with Gasteiger partial charge in [-0.25, -0.2) is 0 Å². The van der Waals surface area contributed by atoms with Crippen LogP contribution in [-0.4, -0.2) is 31.0 Å². The molecule has 1 aromatic carbocycles. The van der Waals surface area contributed by atoms with Gasteiger partial charge in [0.2, 0.25) is 0 Å². The third-order valence-electron chi connectivity index (χ3n) is 3.31. The molecule has 0 saturated carbocycles. The molecule has 2 N–H and O–H groups in total. The monoisotopic (exact) mass is 278 g/mol. The second kappa shape index (κ2) is 8.46. The number of hydrogen-bond acceptors (Lipinski definition) is 3. The van der Waals surface area contributed by atoms with Gasteiger partial charge in [0.1, 0.15) is 5.75 Å². The van der Waals surface area contributed by atoms with Gasteiger partial charge in [-0.3, -0.25) is 4.79 Å². The number of amides is 1. The van der Waals surface area contributed by atoms with Crippen molar-refractivity contribution in [3.05, 3.63) is 23.8 Å². The number of benzene rings is 1. The van der Waals surface area contributed by atoms with Crippen LogP contribution >= 0.6 is 0 Å². The molecule has 0 fully saturated rings. The fourth-order valence-electron chi connectivity index (χ4n) is 2.07. The van der Waals surface area contributed by atoms with Gasteiger partial charge in [-0.15, -0.1) is 0 Å². The number of rotatable bonds is 8. The van der Waals surface area contributed by atoms with E-state index in [-0.39, 0.29) is 5.91 Å². The van der Waals surface area contributed by atoms with Gasteiger partial charge in [-0.1, -0.05) is 26.7 Å². The van der Waals surface area contributed by atoms with Gasteiger partial charge in [0, 0.05) is 24.8 Å². The molecule has 0 atom stereocenters. The molecule has 0 aliphatic carbocycles. The summed E-state index contributed by atoms with van der Waals surface area (Å²) in [6.45, 7) is 5.85. The average Bonchev–Trinajstić information content (AvgIpc) is 2.46. The van der Waals surface area contributed by atoms with E-state index in [2.05, 4.69) is 13.8 Å². The van der Waals surface area contributed by atoms with Gasteiger partial charge in [-0.2, -0.15) is 0 Å². The number of methoxy groups -OCH3 is 1. The molecule has 112 valence electrons. The molecule has 4 heteroatoms. The molecule has 0 radical (unpaired) electrons. The number of unbranched alkanes of at least 4 members (excludes halogenated alkanes) is 2. The van der Waals surface area contributed by atoms with Crippen LogP contribution in [0.25, 0.3) is 0 Å². The molecule has 0 aromatic heterocycles. The zero-order valence-electron chi connectivity index (χ0n) is 12.8. The van der Waals surface area contributed by atoms with Crippen LogP contribution in [0.5, 0.6) is 5.75 Å². The lowest BCUT2D eigenvalue weighted by molar-refractivity contribution is 0.0747. The highest BCUT2D eigenvalue weighted by Crippen LogP contribution is 2.23. The molecule has 1 aromatic rings. The molecule has 0 saturated heterocycles. The zero-order chi connectivity index (χ0) is 15.0. The van der Waals surface area contributed by atoms with E-state index in [4.69, 9.17) is 10.5 Å². The Labute approximate surface area is 121 Å². The van der Waals surface area contributed by atoms with E-state index < -0.39 is 0 Å². The summed E-state index contributed by atoms with van der Waals surface area (Å²) in [5.74, 6) is 0.580. The molecule has 1 rings (SSSR count). The topological polar surface area (TPSA) is 55.6 Å². The maximum atomic E-state index is 12.7. The Morgan fingerprint density at radius 2 is 1.80 bits per heavy atom. The fraction of sp³-hybridized carbons (Fsp3) is 0.562. The number of nitrogens with zero attached hydrogens (tertiary/aromatic N) is 1. The molecule has 4 nitrogen and oxygen atoms in total. The molecule has 0 aliphatic heterocycles. The summed E-state index contributed by atoms with van der Waals surface area (Å²) in [6.07, 6.45) is 4.20. The largest absolute Gasteiger partial charge is 0.496 e. The SMILES string of the molecule is CCCCN(CCCC)C(=O)c1ccc(N)cc1OC. The highest BCUT2D eigenvalue weighted by molar-refractivity contribution is 5.97. The van der Waals surface area contributed by atoms with Gasteiger partial charge < -0.3 is 15.4 Å². The highest BCUT2D eigenvalue weighted by atomic mass is 16.5. The third-order valence-corrected chi connectivity index (χ3v) is 3.31. The minimum Gasteiger partial charge on any atom is -0.496 e. The minimum absolute atomic E-state index is 0.0313. The van der Waals surface area contributed by atoms with Crippen molar-refractivity contribution in [2.45, 2.75) is 39.5 Å². The van der Waals surface area contributed by atoms with Crippen LogP contribution in [0.1, 0.15) is 49.9 Å². The summed E-state index contributed by atoms with van der Waals surface area (Å²) in [5.41, 5.74) is 6.93. The van der Waals surface area contributed by atoms with E-state index in [0.717, 1.165) is 38.8 Å². The number of anilines is 1. The van der Waals surface area contributed by atoms with Crippen LogP contribution < -0.4 is 10.5 Å². The maximum absolute atomic E-state index is 12.7. The van der Waals surface area contributed by atoms with Gasteiger partial charge in [0.25, 0.3) is 5.91 Å². The second-order valence-electron chi connectivity index (χ2n) is 4.96. The smallest absolute Gasteiger partial charge is 0.257 e. The predicted molar refractivity (Wildman–Crippen MR) is 83.1 cm³/mol. The molecular weight excluding hydrogens is 252 g/mol. The Balaban J connectivity index is 2.92. The van der Waals surface area contributed by atoms with E-state index >= 15 is 0 Å². The zero-order valence-corrected chi connectivity index (χ0v) is 12.8. The van der Waals surface area contributed by atoms with Gasteiger partial charge in [-0.05, 0) is 25.0 Å². The quantitative estimate of drug-likeness (QED) is 0.742. The Hall–Kier alpha value is -1.71. The normalized spacial score (nSPS) is 10.3. The van der Waals surface area contributed by atoms with Crippen molar-refractivity contribution in [3.63, 3.8) is 0 Å². The Morgan fingerprint density at radius 1 is 1.20 bits per heavy atom. The Morgan fingerprint density at radius 3 is 2.30 bits per heavy atom. The Kier molecular flexibility index (Phi) is 6.91. The number of carbonyl (C=O) groups excluding carboxylic acids is 1. The lowest BCUT2D eigenvalue weighted by Crippen LogP contribution is -2.33. The van der Waals surface area contributed by atoms with Crippen LogP contribution in [0, 0.1) is 0 Å². The van der Waals surface area contributed by atoms with Crippen molar-refractivity contribution in [2.75, 3.05) is 25.9 Å². The predicted octanol–water partition coefficient (Wildman–Crippen LogP) is 3.32. The van der Waals surface area contributed by atoms with Gasteiger partial charge in [0.15, 0.2) is 0 Å². The van der Waals surface area contributed by atoms with E-state index in [9.17, 15) is 4.79 Å². The molecule has 0 heterocycles. The standard InChI is InChI=1S/C16H26N2O2/c1-4-6-10-18(11-7-5-2)16(19)14-9-8-13(17)12-15(14)20-3/h8-9,12H,4-7,10-11,17H2,1-3H3. The average molecular weight is 278 g/mol. The summed E-state index contributed by atoms with van der Waals surface area (Å²) in [5, 5.41) is 0. The summed E-state index contributed by atoms with van der Waals surface area (Å²) in [6, 6.07) is 5.19. The second-order valence-corrected chi connectivity index (χ2v) is 4.96. The van der Waals surface area contributed by atoms with E-state index in [1.165, 1.54) is 0 Å². The van der Waals surface area contributed by atoms with Crippen LogP contribution in [0.2, 0.25) is 0 Å². The van der Waals surface area contributed by atoms with Crippen LogP contribution in [0.15, 0.2) is 18.2 Å². The summed E-state index contributed by atoms with van der Waals surface area (Å²) in [4.78, 5) is 14.6. The molecule has 0 aliphatic rings. The number of carbonyl (C=O) groups is 1. The molecule has 0 unspecified atom stereocenters. The first-order valence-electron chi connectivity index (χ1n) is 7.36. The molecule has 0 spiro atoms. The van der Waals surface area contributed by atoms with Crippen LogP contribution in [-0.2, 0) is 0 Å². The van der Waals surface area contributed by atoms with Crippen molar-refractivity contribution in [1.82, 2.24) is 4.90 Å². The van der Waals surface area contributed by atoms with Gasteiger partial charge in [0.05, 0.1) is 12.7 Å². The first kappa shape index (κ1) is 16.3. The van der Waals surface area contributed by atoms with Crippen molar-refractivity contribution in [1.29, 1.82) is 0 Å². The van der Waals surface area contributed by atoms with E-state index in [1.807, 2.05) is 4.90 Å². The third kappa shape index (κ3) is 4.44. The molecule has 20 heavy (non-hydrogen) atoms. The number of nitrogens with two attached hydrogens (primary N) is 1. The molecular formula is C16H26N2O2. The first-order chi connectivity index (χ1) is 9.63. The lowest BCUT2D eigenvalue weighted by atomic mass is 10.1. The van der Waals surface area contributed by atoms with E-state index in [0.29, 0.717) is 17.0 Å². The summed E-state index contributed by atoms with van der Waals surface area (Å²) < 4.78 is 5.28. The highest BCUT2D eigenvalue weighted by Gasteiger charge is 2.18. The number of nitrogen functional groups attached to an aromatic ring is 1. The summed E-state index contributed by atoms with van der Waals surface area (Å²) >= 11 is 0. The van der Waals surface area contributed by atoms with Crippen molar-refractivity contribution < 1.29 is 9.53 Å². The molecule has 0 bridgehead atoms. The minimum atomic E-state index is 0.0313. The Bertz CT molecular complexity index is 424. The maximum Gasteiger partial charge on any atom is 0.257 e. The summed E-state index contributed by atoms with van der Waals surface area (Å²) in [7, 11) is 1.56. The van der Waals surface area contributed by atoms with Gasteiger partial charge >= 0.3 is 0 Å². The molecule has 1 amide bonds. The number of ether oxygens (including phenoxy) is 1. The van der Waals surface area contributed by atoms with E-state index in [1.54, 1.807) is 25.3 Å². The first-order valence-corrected chi connectivity index (χ1v) is 7.36.